The van der Waals surface area contributed by atoms with Gasteiger partial charge in [0.05, 0.1) is 51.6 Å². The molecular formula is C60H55ClN6O6. The summed E-state index contributed by atoms with van der Waals surface area (Å²) in [7, 11) is 3.53. The fourth-order valence-corrected chi connectivity index (χ4v) is 8.37. The molecule has 368 valence electrons. The second-order valence-corrected chi connectivity index (χ2v) is 17.9. The molecule has 2 atom stereocenters. The third-order valence-electron chi connectivity index (χ3n) is 12.3. The van der Waals surface area contributed by atoms with E-state index in [2.05, 4.69) is 30.3 Å². The van der Waals surface area contributed by atoms with Crippen LogP contribution in [0.25, 0.3) is 40.9 Å². The summed E-state index contributed by atoms with van der Waals surface area (Å²) >= 11 is 5.54. The van der Waals surface area contributed by atoms with Crippen molar-refractivity contribution in [2.75, 3.05) is 14.1 Å². The van der Waals surface area contributed by atoms with E-state index in [0.717, 1.165) is 85.2 Å². The first-order valence-corrected chi connectivity index (χ1v) is 23.6. The molecule has 1 amide bonds. The highest BCUT2D eigenvalue weighted by atomic mass is 35.5. The van der Waals surface area contributed by atoms with Gasteiger partial charge in [-0.25, -0.2) is 24.2 Å². The van der Waals surface area contributed by atoms with Gasteiger partial charge in [0.1, 0.15) is 0 Å². The molecule has 0 bridgehead atoms. The van der Waals surface area contributed by atoms with Gasteiger partial charge in [0, 0.05) is 31.5 Å². The first kappa shape index (κ1) is 56.7. The molecule has 0 aromatic heterocycles. The van der Waals surface area contributed by atoms with Crippen LogP contribution < -0.4 is 0 Å². The number of ketones is 1. The number of hydrogen-bond donors (Lipinski definition) is 2. The molecule has 5 aromatic carbocycles. The molecule has 0 radical (unpaired) electrons. The molecule has 0 heterocycles. The summed E-state index contributed by atoms with van der Waals surface area (Å²) in [6.07, 6.45) is 4.63. The molecule has 0 aliphatic heterocycles. The SMILES string of the molecule is [C-]#[N+]c1ccc(CC(C)C(=O)O)cc1.[C-]#[N+]c1ccc(CCl)cc1.[C-]#[N+]c1ccc2c(c1)C(=O)C(C)C2.[C-]#[N+]c1ccc2c(c1)C(CC(=O)N(C)C)=C(C)/C2=C/C.[C-]#[N+]c1ccc2c(c1)C(CC(=O)O)=C(C)C2. The fourth-order valence-electron chi connectivity index (χ4n) is 8.19. The largest absolute Gasteiger partial charge is 0.481 e. The lowest BCUT2D eigenvalue weighted by atomic mass is 10.0. The van der Waals surface area contributed by atoms with Crippen molar-refractivity contribution in [3.63, 3.8) is 0 Å². The van der Waals surface area contributed by atoms with Crippen LogP contribution >= 0.6 is 11.6 Å². The van der Waals surface area contributed by atoms with Gasteiger partial charge in [0.25, 0.3) is 0 Å². The van der Waals surface area contributed by atoms with Gasteiger partial charge in [-0.05, 0) is 119 Å². The Morgan fingerprint density at radius 1 is 0.671 bits per heavy atom. The Morgan fingerprint density at radius 2 is 1.15 bits per heavy atom. The fraction of sp³-hybridized carbons (Fsp3) is 0.250. The second-order valence-electron chi connectivity index (χ2n) is 17.6. The molecule has 73 heavy (non-hydrogen) atoms. The van der Waals surface area contributed by atoms with E-state index in [0.29, 0.717) is 47.2 Å². The lowest BCUT2D eigenvalue weighted by Crippen LogP contribution is -2.21. The van der Waals surface area contributed by atoms with Crippen LogP contribution in [0.15, 0.2) is 120 Å². The predicted octanol–water partition coefficient (Wildman–Crippen LogP) is 15.0. The Bertz CT molecular complexity index is 3220. The van der Waals surface area contributed by atoms with E-state index in [9.17, 15) is 19.2 Å². The first-order valence-electron chi connectivity index (χ1n) is 23.1. The van der Waals surface area contributed by atoms with Crippen LogP contribution in [0, 0.1) is 44.7 Å². The van der Waals surface area contributed by atoms with Crippen molar-refractivity contribution in [2.45, 2.75) is 72.6 Å². The third-order valence-corrected chi connectivity index (χ3v) is 12.6. The summed E-state index contributed by atoms with van der Waals surface area (Å²) < 4.78 is 0. The summed E-state index contributed by atoms with van der Waals surface area (Å²) in [6, 6.07) is 30.8. The van der Waals surface area contributed by atoms with Crippen LogP contribution in [0.3, 0.4) is 0 Å². The van der Waals surface area contributed by atoms with Gasteiger partial charge >= 0.3 is 11.9 Å². The summed E-state index contributed by atoms with van der Waals surface area (Å²) in [6.45, 7) is 44.0. The smallest absolute Gasteiger partial charge is 0.307 e. The van der Waals surface area contributed by atoms with Crippen LogP contribution in [-0.2, 0) is 39.5 Å². The lowest BCUT2D eigenvalue weighted by molar-refractivity contribution is -0.141. The van der Waals surface area contributed by atoms with E-state index < -0.39 is 11.9 Å². The first-order chi connectivity index (χ1) is 34.8. The monoisotopic (exact) mass is 990 g/mol. The Labute approximate surface area is 433 Å². The zero-order chi connectivity index (χ0) is 53.9. The maximum Gasteiger partial charge on any atom is 0.307 e. The molecule has 12 nitrogen and oxygen atoms in total. The van der Waals surface area contributed by atoms with Crippen LogP contribution in [0.5, 0.6) is 0 Å². The predicted molar refractivity (Wildman–Crippen MR) is 289 cm³/mol. The molecule has 2 N–H and O–H groups in total. The summed E-state index contributed by atoms with van der Waals surface area (Å²) in [4.78, 5) is 63.2. The Morgan fingerprint density at radius 3 is 1.63 bits per heavy atom. The van der Waals surface area contributed by atoms with Crippen molar-refractivity contribution in [2.24, 2.45) is 11.8 Å². The highest BCUT2D eigenvalue weighted by molar-refractivity contribution is 6.17. The number of hydrogen-bond acceptors (Lipinski definition) is 4. The molecule has 2 unspecified atom stereocenters. The van der Waals surface area contributed by atoms with Crippen LogP contribution in [0.1, 0.15) is 96.8 Å². The Hall–Kier alpha value is -8.86. The van der Waals surface area contributed by atoms with Gasteiger partial charge in [-0.1, -0.05) is 110 Å². The molecule has 8 rings (SSSR count). The van der Waals surface area contributed by atoms with Crippen molar-refractivity contribution < 1.29 is 29.4 Å². The normalized spacial score (nSPS) is 14.1. The standard InChI is InChI=1S/C17H18N2O.C13H11NO2.C11H11NO2.C11H9NO.C8H6ClN/c1-6-13-11(2)15(10-17(20)19(4)5)16-9-12(18-3)7-8-14(13)16;1-8-5-9-3-4-10(14-2)6-12(9)11(8)7-13(15)16;1-8(11(13)14)7-9-3-5-10(12-2)6-4-9;1-7-5-8-3-4-9(12-2)6-10(8)11(7)13;1-10-8-4-2-7(6-9)3-5-8/h6-9H,10H2,1-2,4-5H3;3-4,6H,5,7H2,1H3,(H,15,16);3-6,8H,7H2,1H3,(H,13,14);3-4,6-7H,5H2,1H3;2-5H,6H2/b13-6-;;;;. The average Bonchev–Trinajstić information content (AvgIpc) is 3.97. The number of carboxylic acid groups (broad SMARTS) is 2. The number of amides is 1. The quantitative estimate of drug-likeness (QED) is 0.117. The number of benzene rings is 5. The van der Waals surface area contributed by atoms with E-state index >= 15 is 0 Å². The minimum Gasteiger partial charge on any atom is -0.481 e. The van der Waals surface area contributed by atoms with Gasteiger partial charge in [-0.15, -0.1) is 11.6 Å². The lowest BCUT2D eigenvalue weighted by Gasteiger charge is -2.12. The maximum atomic E-state index is 12.0. The molecule has 3 aliphatic carbocycles. The summed E-state index contributed by atoms with van der Waals surface area (Å²) in [5.74, 6) is -1.13. The third kappa shape index (κ3) is 15.3. The molecule has 5 aromatic rings. The topological polar surface area (TPSA) is 134 Å². The Balaban J connectivity index is 0.000000201. The number of halogens is 1. The number of alkyl halides is 1. The zero-order valence-electron chi connectivity index (χ0n) is 41.9. The number of rotatable bonds is 8. The summed E-state index contributed by atoms with van der Waals surface area (Å²) in [5.41, 5.74) is 16.3. The van der Waals surface area contributed by atoms with Crippen molar-refractivity contribution in [3.8, 4) is 0 Å². The van der Waals surface area contributed by atoms with Crippen molar-refractivity contribution >= 4 is 80.4 Å². The number of carboxylic acids is 2. The number of carbonyl (C=O) groups is 4. The molecule has 13 heteroatoms. The van der Waals surface area contributed by atoms with E-state index in [-0.39, 0.29) is 29.9 Å². The van der Waals surface area contributed by atoms with Crippen LogP contribution in [0.4, 0.5) is 28.4 Å². The number of fused-ring (bicyclic) bond motifs is 3. The highest BCUT2D eigenvalue weighted by Gasteiger charge is 2.27. The number of carbonyl (C=O) groups excluding carboxylic acids is 2. The molecular weight excluding hydrogens is 936 g/mol. The van der Waals surface area contributed by atoms with Gasteiger partial charge in [-0.3, -0.25) is 19.2 Å². The minimum absolute atomic E-state index is 0.0420. The van der Waals surface area contributed by atoms with Gasteiger partial charge in [-0.2, -0.15) is 0 Å². The summed E-state index contributed by atoms with van der Waals surface area (Å²) in [5, 5.41) is 17.5. The van der Waals surface area contributed by atoms with Crippen molar-refractivity contribution in [3.05, 3.63) is 222 Å². The minimum atomic E-state index is -0.824. The highest BCUT2D eigenvalue weighted by Crippen LogP contribution is 2.44. The van der Waals surface area contributed by atoms with Crippen LogP contribution in [0.2, 0.25) is 0 Å². The van der Waals surface area contributed by atoms with Crippen molar-refractivity contribution in [1.29, 1.82) is 0 Å². The van der Waals surface area contributed by atoms with Crippen molar-refractivity contribution in [1.82, 2.24) is 4.90 Å². The Kier molecular flexibility index (Phi) is 20.9. The van der Waals surface area contributed by atoms with Gasteiger partial charge < -0.3 is 15.1 Å². The average molecular weight is 992 g/mol. The number of nitrogens with zero attached hydrogens (tertiary/aromatic N) is 6. The van der Waals surface area contributed by atoms with E-state index in [4.69, 9.17) is 54.7 Å². The molecule has 3 aliphatic rings. The number of Topliss-reactive ketones (excluding diaryl/α,β-unsaturated/α-hetero) is 1. The second kappa shape index (κ2) is 26.9. The maximum absolute atomic E-state index is 12.0. The number of aliphatic carboxylic acids is 2. The number of allylic oxidation sites excluding steroid dienone is 4. The molecule has 0 saturated carbocycles. The van der Waals surface area contributed by atoms with E-state index in [1.165, 1.54) is 0 Å². The molecule has 0 fully saturated rings. The van der Waals surface area contributed by atoms with E-state index in [1.54, 1.807) is 86.6 Å². The van der Waals surface area contributed by atoms with Gasteiger partial charge in [0.2, 0.25) is 5.91 Å². The van der Waals surface area contributed by atoms with Gasteiger partial charge in [0.15, 0.2) is 34.2 Å². The molecule has 0 spiro atoms. The zero-order valence-corrected chi connectivity index (χ0v) is 42.6. The van der Waals surface area contributed by atoms with E-state index in [1.807, 2.05) is 70.2 Å². The van der Waals surface area contributed by atoms with Crippen LogP contribution in [-0.4, -0.2) is 52.8 Å². The molecule has 0 saturated heterocycles.